The van der Waals surface area contributed by atoms with Crippen LogP contribution in [0.3, 0.4) is 0 Å². The first-order valence-electron chi connectivity index (χ1n) is 4.53. The van der Waals surface area contributed by atoms with Crippen molar-refractivity contribution < 1.29 is 14.3 Å². The molecular formula is C9H16FN3O2. The molecule has 0 saturated carbocycles. The zero-order valence-corrected chi connectivity index (χ0v) is 8.61. The van der Waals surface area contributed by atoms with Crippen LogP contribution < -0.4 is 11.5 Å². The maximum atomic E-state index is 13.0. The Morgan fingerprint density at radius 3 is 2.73 bits per heavy atom. The van der Waals surface area contributed by atoms with E-state index >= 15 is 0 Å². The molecule has 0 aromatic carbocycles. The summed E-state index contributed by atoms with van der Waals surface area (Å²) in [5.74, 6) is -1.17. The van der Waals surface area contributed by atoms with Gasteiger partial charge in [-0.2, -0.15) is 0 Å². The van der Waals surface area contributed by atoms with E-state index in [-0.39, 0.29) is 19.4 Å². The van der Waals surface area contributed by atoms with Crippen molar-refractivity contribution in [3.8, 4) is 0 Å². The molecule has 0 aromatic rings. The molecule has 0 amide bonds. The lowest BCUT2D eigenvalue weighted by Crippen LogP contribution is -2.29. The molecule has 1 atom stereocenters. The zero-order chi connectivity index (χ0) is 11.8. The summed E-state index contributed by atoms with van der Waals surface area (Å²) in [6.45, 7) is 1.87. The fourth-order valence-corrected chi connectivity index (χ4v) is 0.797. The quantitative estimate of drug-likeness (QED) is 0.443. The predicted molar refractivity (Wildman–Crippen MR) is 56.2 cm³/mol. The molecule has 0 radical (unpaired) electrons. The first-order chi connectivity index (χ1) is 6.93. The van der Waals surface area contributed by atoms with Gasteiger partial charge in [0.2, 0.25) is 0 Å². The number of carboxylic acid groups (broad SMARTS) is 1. The fraction of sp³-hybridized carbons (Fsp3) is 0.556. The Hall–Kier alpha value is -1.43. The van der Waals surface area contributed by atoms with Gasteiger partial charge in [-0.25, -0.2) is 4.39 Å². The Labute approximate surface area is 87.7 Å². The average molecular weight is 217 g/mol. The van der Waals surface area contributed by atoms with Gasteiger partial charge in [0.1, 0.15) is 6.04 Å². The normalized spacial score (nSPS) is 15.1. The van der Waals surface area contributed by atoms with Crippen LogP contribution >= 0.6 is 0 Å². The summed E-state index contributed by atoms with van der Waals surface area (Å²) in [6, 6.07) is -1.06. The van der Waals surface area contributed by atoms with E-state index < -0.39 is 17.8 Å². The number of nitrogens with zero attached hydrogens (tertiary/aromatic N) is 1. The molecule has 0 rings (SSSR count). The highest BCUT2D eigenvalue weighted by Crippen LogP contribution is 2.05. The molecule has 0 saturated heterocycles. The maximum absolute atomic E-state index is 13.0. The van der Waals surface area contributed by atoms with Crippen molar-refractivity contribution in [3.05, 3.63) is 11.9 Å². The third-order valence-electron chi connectivity index (χ3n) is 1.62. The Bertz CT molecular complexity index is 273. The van der Waals surface area contributed by atoms with E-state index in [0.717, 1.165) is 0 Å². The van der Waals surface area contributed by atoms with Gasteiger partial charge >= 0.3 is 5.97 Å². The molecule has 5 N–H and O–H groups in total. The van der Waals surface area contributed by atoms with Crippen molar-refractivity contribution in [2.45, 2.75) is 25.8 Å². The maximum Gasteiger partial charge on any atom is 0.320 e. The number of carboxylic acids is 1. The first kappa shape index (κ1) is 13.6. The van der Waals surface area contributed by atoms with Crippen LogP contribution in [0.15, 0.2) is 16.9 Å². The summed E-state index contributed by atoms with van der Waals surface area (Å²) >= 11 is 0. The molecular weight excluding hydrogens is 201 g/mol. The summed E-state index contributed by atoms with van der Waals surface area (Å²) < 4.78 is 13.0. The van der Waals surface area contributed by atoms with Gasteiger partial charge in [-0.05, 0) is 13.3 Å². The lowest BCUT2D eigenvalue weighted by Gasteiger charge is -2.01. The molecule has 0 aliphatic rings. The van der Waals surface area contributed by atoms with Crippen molar-refractivity contribution in [2.24, 2.45) is 16.5 Å². The molecule has 0 fully saturated rings. The van der Waals surface area contributed by atoms with E-state index in [1.54, 1.807) is 6.92 Å². The predicted octanol–water partition coefficient (Wildman–Crippen LogP) is 0.409. The summed E-state index contributed by atoms with van der Waals surface area (Å²) in [6.07, 6.45) is 1.26. The number of aliphatic imine (C=N–C) groups is 1. The number of halogens is 1. The number of aliphatic carboxylic acids is 1. The number of rotatable bonds is 6. The molecule has 0 spiro atoms. The van der Waals surface area contributed by atoms with Crippen LogP contribution in [-0.2, 0) is 4.79 Å². The Balaban J connectivity index is 3.89. The van der Waals surface area contributed by atoms with Crippen LogP contribution in [0.4, 0.5) is 4.39 Å². The topological polar surface area (TPSA) is 102 Å². The highest BCUT2D eigenvalue weighted by Gasteiger charge is 2.09. The van der Waals surface area contributed by atoms with Gasteiger partial charge in [-0.15, -0.1) is 0 Å². The minimum absolute atomic E-state index is 0.0213. The average Bonchev–Trinajstić information content (AvgIpc) is 2.13. The van der Waals surface area contributed by atoms with Crippen molar-refractivity contribution in [2.75, 3.05) is 6.54 Å². The van der Waals surface area contributed by atoms with E-state index in [0.29, 0.717) is 5.84 Å². The summed E-state index contributed by atoms with van der Waals surface area (Å²) in [5, 5.41) is 8.43. The minimum atomic E-state index is -1.14. The smallest absolute Gasteiger partial charge is 0.320 e. The zero-order valence-electron chi connectivity index (χ0n) is 8.61. The lowest BCUT2D eigenvalue weighted by molar-refractivity contribution is -0.138. The van der Waals surface area contributed by atoms with Crippen LogP contribution in [0, 0.1) is 0 Å². The lowest BCUT2D eigenvalue weighted by atomic mass is 10.2. The van der Waals surface area contributed by atoms with Crippen LogP contribution in [0.5, 0.6) is 0 Å². The van der Waals surface area contributed by atoms with Crippen LogP contribution in [0.1, 0.15) is 19.8 Å². The third kappa shape index (κ3) is 7.63. The Morgan fingerprint density at radius 1 is 1.67 bits per heavy atom. The van der Waals surface area contributed by atoms with Gasteiger partial charge in [-0.3, -0.25) is 9.79 Å². The van der Waals surface area contributed by atoms with E-state index in [9.17, 15) is 9.18 Å². The summed E-state index contributed by atoms with van der Waals surface area (Å²) in [4.78, 5) is 14.1. The van der Waals surface area contributed by atoms with Crippen molar-refractivity contribution in [1.29, 1.82) is 0 Å². The molecule has 15 heavy (non-hydrogen) atoms. The van der Waals surface area contributed by atoms with Crippen LogP contribution in [0.2, 0.25) is 0 Å². The Morgan fingerprint density at radius 2 is 2.27 bits per heavy atom. The van der Waals surface area contributed by atoms with Gasteiger partial charge in [-0.1, -0.05) is 6.08 Å². The largest absolute Gasteiger partial charge is 0.480 e. The molecule has 0 bridgehead atoms. The number of nitrogens with two attached hydrogens (primary N) is 2. The molecule has 0 aliphatic carbocycles. The second-order valence-corrected chi connectivity index (χ2v) is 3.10. The highest BCUT2D eigenvalue weighted by atomic mass is 19.1. The summed E-state index contributed by atoms with van der Waals surface area (Å²) in [7, 11) is 0. The fourth-order valence-electron chi connectivity index (χ4n) is 0.797. The van der Waals surface area contributed by atoms with Crippen LogP contribution in [-0.4, -0.2) is 29.5 Å². The number of hydrogen-bond donors (Lipinski definition) is 3. The monoisotopic (exact) mass is 217 g/mol. The van der Waals surface area contributed by atoms with E-state index in [1.165, 1.54) is 6.08 Å². The van der Waals surface area contributed by atoms with Gasteiger partial charge in [0.15, 0.2) is 0 Å². The number of hydrogen-bond acceptors (Lipinski definition) is 3. The van der Waals surface area contributed by atoms with E-state index in [4.69, 9.17) is 16.6 Å². The Kier molecular flexibility index (Phi) is 6.28. The van der Waals surface area contributed by atoms with E-state index in [1.807, 2.05) is 0 Å². The molecule has 6 heteroatoms. The van der Waals surface area contributed by atoms with E-state index in [2.05, 4.69) is 4.99 Å². The molecule has 0 aliphatic heterocycles. The second kappa shape index (κ2) is 6.94. The first-order valence-corrected chi connectivity index (χ1v) is 4.53. The molecule has 86 valence electrons. The number of carbonyl (C=O) groups is 1. The SMILES string of the molecule is CC(N)=NCC/C(F)=C\CC(N)C(=O)O. The molecule has 1 unspecified atom stereocenters. The van der Waals surface area contributed by atoms with Crippen LogP contribution in [0.25, 0.3) is 0 Å². The molecule has 5 nitrogen and oxygen atoms in total. The van der Waals surface area contributed by atoms with Crippen molar-refractivity contribution in [3.63, 3.8) is 0 Å². The van der Waals surface area contributed by atoms with Gasteiger partial charge in [0.25, 0.3) is 0 Å². The minimum Gasteiger partial charge on any atom is -0.480 e. The van der Waals surface area contributed by atoms with Gasteiger partial charge in [0.05, 0.1) is 11.7 Å². The second-order valence-electron chi connectivity index (χ2n) is 3.10. The number of amidine groups is 1. The standard InChI is InChI=1S/C9H16FN3O2/c1-6(11)13-5-4-7(10)2-3-8(12)9(14)15/h2,8H,3-5,12H2,1H3,(H2,11,13)(H,14,15)/b7-2+. The molecule has 0 heterocycles. The highest BCUT2D eigenvalue weighted by molar-refractivity contribution is 5.77. The van der Waals surface area contributed by atoms with Crippen molar-refractivity contribution >= 4 is 11.8 Å². The van der Waals surface area contributed by atoms with Crippen molar-refractivity contribution in [1.82, 2.24) is 0 Å². The summed E-state index contributed by atoms with van der Waals surface area (Å²) in [5.41, 5.74) is 10.4. The third-order valence-corrected chi connectivity index (χ3v) is 1.62. The molecule has 0 aromatic heterocycles. The van der Waals surface area contributed by atoms with Gasteiger partial charge in [0, 0.05) is 13.0 Å². The van der Waals surface area contributed by atoms with Gasteiger partial charge < -0.3 is 16.6 Å².